The average molecular weight is 301 g/mol. The van der Waals surface area contributed by atoms with Gasteiger partial charge < -0.3 is 10.2 Å². The van der Waals surface area contributed by atoms with E-state index in [0.717, 1.165) is 51.3 Å². The van der Waals surface area contributed by atoms with Crippen LogP contribution in [0.15, 0.2) is 30.3 Å². The molecule has 0 radical (unpaired) electrons. The van der Waals surface area contributed by atoms with E-state index in [1.54, 1.807) is 0 Å². The van der Waals surface area contributed by atoms with Crippen LogP contribution < -0.4 is 5.32 Å². The van der Waals surface area contributed by atoms with Crippen LogP contribution >= 0.6 is 0 Å². The van der Waals surface area contributed by atoms with Gasteiger partial charge in [-0.2, -0.15) is 0 Å². The fourth-order valence-electron chi connectivity index (χ4n) is 3.65. The topological polar surface area (TPSA) is 35.6 Å². The van der Waals surface area contributed by atoms with E-state index in [-0.39, 0.29) is 5.91 Å². The van der Waals surface area contributed by atoms with Crippen LogP contribution in [0.3, 0.4) is 0 Å². The third-order valence-corrected chi connectivity index (χ3v) is 5.15. The number of likely N-dealkylation sites (tertiary alicyclic amines) is 1. The van der Waals surface area contributed by atoms with Crippen LogP contribution in [0.1, 0.15) is 25.8 Å². The first-order valence-electron chi connectivity index (χ1n) is 8.39. The van der Waals surface area contributed by atoms with Gasteiger partial charge in [-0.25, -0.2) is 0 Å². The van der Waals surface area contributed by atoms with Gasteiger partial charge in [0.1, 0.15) is 0 Å². The summed E-state index contributed by atoms with van der Waals surface area (Å²) < 4.78 is 0. The van der Waals surface area contributed by atoms with E-state index in [0.29, 0.717) is 6.04 Å². The van der Waals surface area contributed by atoms with Crippen molar-refractivity contribution in [3.63, 3.8) is 0 Å². The van der Waals surface area contributed by atoms with Crippen LogP contribution in [0.25, 0.3) is 0 Å². The van der Waals surface area contributed by atoms with Gasteiger partial charge in [-0.3, -0.25) is 9.69 Å². The fraction of sp³-hybridized carbons (Fsp3) is 0.611. The number of hydrogen-bond acceptors (Lipinski definition) is 3. The highest BCUT2D eigenvalue weighted by Gasteiger charge is 2.38. The van der Waals surface area contributed by atoms with Crippen LogP contribution in [0.5, 0.6) is 0 Å². The number of piperazine rings is 1. The third kappa shape index (κ3) is 3.03. The number of carbonyl (C=O) groups is 1. The number of amides is 1. The van der Waals surface area contributed by atoms with E-state index in [4.69, 9.17) is 0 Å². The second-order valence-electron chi connectivity index (χ2n) is 6.97. The van der Waals surface area contributed by atoms with Crippen LogP contribution in [0.2, 0.25) is 0 Å². The normalized spacial score (nSPS) is 23.7. The molecule has 4 heteroatoms. The number of carbonyl (C=O) groups excluding carboxylic acids is 1. The van der Waals surface area contributed by atoms with E-state index >= 15 is 0 Å². The number of rotatable bonds is 3. The molecule has 2 fully saturated rings. The maximum absolute atomic E-state index is 13.0. The molecule has 3 rings (SSSR count). The zero-order chi connectivity index (χ0) is 15.6. The van der Waals surface area contributed by atoms with Gasteiger partial charge in [0, 0.05) is 45.3 Å². The first kappa shape index (κ1) is 15.5. The Morgan fingerprint density at radius 2 is 1.82 bits per heavy atom. The second-order valence-corrected chi connectivity index (χ2v) is 6.97. The Bertz CT molecular complexity index is 508. The number of benzene rings is 1. The third-order valence-electron chi connectivity index (χ3n) is 5.15. The molecule has 0 aromatic heterocycles. The fourth-order valence-corrected chi connectivity index (χ4v) is 3.65. The quantitative estimate of drug-likeness (QED) is 0.918. The summed E-state index contributed by atoms with van der Waals surface area (Å²) in [5.74, 6) is 0.260. The lowest BCUT2D eigenvalue weighted by Gasteiger charge is -2.34. The summed E-state index contributed by atoms with van der Waals surface area (Å²) in [7, 11) is 0. The molecule has 0 spiro atoms. The lowest BCUT2D eigenvalue weighted by molar-refractivity contribution is -0.135. The van der Waals surface area contributed by atoms with Crippen molar-refractivity contribution < 1.29 is 4.79 Å². The van der Waals surface area contributed by atoms with Gasteiger partial charge in [-0.1, -0.05) is 30.3 Å². The minimum Gasteiger partial charge on any atom is -0.340 e. The Hall–Kier alpha value is -1.39. The van der Waals surface area contributed by atoms with Crippen molar-refractivity contribution >= 4 is 5.91 Å². The van der Waals surface area contributed by atoms with Crippen molar-refractivity contribution in [2.45, 2.75) is 31.7 Å². The summed E-state index contributed by atoms with van der Waals surface area (Å²) in [6.45, 7) is 10.2. The van der Waals surface area contributed by atoms with Gasteiger partial charge in [0.2, 0.25) is 5.91 Å². The van der Waals surface area contributed by atoms with E-state index in [9.17, 15) is 4.79 Å². The van der Waals surface area contributed by atoms with Gasteiger partial charge in [0.05, 0.1) is 5.41 Å². The predicted molar refractivity (Wildman–Crippen MR) is 88.9 cm³/mol. The van der Waals surface area contributed by atoms with Crippen LogP contribution in [-0.4, -0.2) is 61.0 Å². The highest BCUT2D eigenvalue weighted by Crippen LogP contribution is 2.28. The Kier molecular flexibility index (Phi) is 4.50. The molecule has 1 unspecified atom stereocenters. The van der Waals surface area contributed by atoms with Gasteiger partial charge in [-0.15, -0.1) is 0 Å². The molecule has 0 bridgehead atoms. The summed E-state index contributed by atoms with van der Waals surface area (Å²) in [5.41, 5.74) is 0.658. The molecule has 120 valence electrons. The average Bonchev–Trinajstić information content (AvgIpc) is 3.05. The van der Waals surface area contributed by atoms with E-state index in [1.165, 1.54) is 0 Å². The van der Waals surface area contributed by atoms with Crippen molar-refractivity contribution in [1.29, 1.82) is 0 Å². The molecule has 2 saturated heterocycles. The first-order chi connectivity index (χ1) is 10.6. The smallest absolute Gasteiger partial charge is 0.232 e. The van der Waals surface area contributed by atoms with E-state index < -0.39 is 5.41 Å². The summed E-state index contributed by atoms with van der Waals surface area (Å²) in [5, 5.41) is 3.40. The molecule has 2 aliphatic rings. The van der Waals surface area contributed by atoms with E-state index in [2.05, 4.69) is 27.2 Å². The van der Waals surface area contributed by atoms with Crippen LogP contribution in [0, 0.1) is 0 Å². The number of hydrogen-bond donors (Lipinski definition) is 1. The molecule has 1 aromatic carbocycles. The Labute approximate surface area is 133 Å². The zero-order valence-electron chi connectivity index (χ0n) is 13.7. The Balaban J connectivity index is 1.66. The van der Waals surface area contributed by atoms with Gasteiger partial charge in [-0.05, 0) is 25.8 Å². The highest BCUT2D eigenvalue weighted by molar-refractivity contribution is 5.87. The van der Waals surface area contributed by atoms with Crippen molar-refractivity contribution in [2.75, 3.05) is 39.3 Å². The molecule has 0 saturated carbocycles. The first-order valence-corrected chi connectivity index (χ1v) is 8.39. The molecule has 4 nitrogen and oxygen atoms in total. The van der Waals surface area contributed by atoms with Gasteiger partial charge in [0.15, 0.2) is 0 Å². The minimum atomic E-state index is -0.445. The molecule has 1 N–H and O–H groups in total. The summed E-state index contributed by atoms with van der Waals surface area (Å²) >= 11 is 0. The highest BCUT2D eigenvalue weighted by atomic mass is 16.2. The van der Waals surface area contributed by atoms with E-state index in [1.807, 2.05) is 32.0 Å². The largest absolute Gasteiger partial charge is 0.340 e. The summed E-state index contributed by atoms with van der Waals surface area (Å²) in [4.78, 5) is 17.6. The number of nitrogens with one attached hydrogen (secondary N) is 1. The van der Waals surface area contributed by atoms with Crippen molar-refractivity contribution in [1.82, 2.24) is 15.1 Å². The monoisotopic (exact) mass is 301 g/mol. The maximum Gasteiger partial charge on any atom is 0.232 e. The second kappa shape index (κ2) is 6.39. The summed E-state index contributed by atoms with van der Waals surface area (Å²) in [6, 6.07) is 10.7. The van der Waals surface area contributed by atoms with Gasteiger partial charge in [0.25, 0.3) is 0 Å². The molecule has 0 aliphatic carbocycles. The molecular formula is C18H27N3O. The zero-order valence-corrected chi connectivity index (χ0v) is 13.7. The predicted octanol–water partition coefficient (Wildman–Crippen LogP) is 1.47. The lowest BCUT2D eigenvalue weighted by Crippen LogP contribution is -2.50. The molecule has 1 aromatic rings. The molecule has 22 heavy (non-hydrogen) atoms. The molecule has 2 heterocycles. The molecular weight excluding hydrogens is 274 g/mol. The van der Waals surface area contributed by atoms with Crippen molar-refractivity contribution in [2.24, 2.45) is 0 Å². The van der Waals surface area contributed by atoms with Crippen molar-refractivity contribution in [3.8, 4) is 0 Å². The van der Waals surface area contributed by atoms with Gasteiger partial charge >= 0.3 is 0 Å². The Morgan fingerprint density at radius 1 is 1.14 bits per heavy atom. The van der Waals surface area contributed by atoms with Crippen molar-refractivity contribution in [3.05, 3.63) is 35.9 Å². The standard InChI is InChI=1S/C18H27N3O/c1-18(2,15-6-4-3-5-7-15)17(22)21-11-8-16(14-21)20-12-9-19-10-13-20/h3-7,16,19H,8-14H2,1-2H3. The lowest BCUT2D eigenvalue weighted by atomic mass is 9.83. The van der Waals surface area contributed by atoms with Crippen LogP contribution in [0.4, 0.5) is 0 Å². The molecule has 2 aliphatic heterocycles. The summed E-state index contributed by atoms with van der Waals surface area (Å²) in [6.07, 6.45) is 1.11. The van der Waals surface area contributed by atoms with Crippen LogP contribution in [-0.2, 0) is 10.2 Å². The number of nitrogens with zero attached hydrogens (tertiary/aromatic N) is 2. The SMILES string of the molecule is CC(C)(C(=O)N1CCC(N2CCNCC2)C1)c1ccccc1. The molecule has 1 atom stereocenters. The Morgan fingerprint density at radius 3 is 2.50 bits per heavy atom. The maximum atomic E-state index is 13.0. The minimum absolute atomic E-state index is 0.260. The molecule has 1 amide bonds.